The Labute approximate surface area is 112 Å². The summed E-state index contributed by atoms with van der Waals surface area (Å²) < 4.78 is 5.19. The third-order valence-corrected chi connectivity index (χ3v) is 3.30. The fourth-order valence-corrected chi connectivity index (χ4v) is 2.39. The van der Waals surface area contributed by atoms with Crippen LogP contribution in [0.3, 0.4) is 0 Å². The van der Waals surface area contributed by atoms with Gasteiger partial charge in [-0.15, -0.1) is 12.4 Å². The van der Waals surface area contributed by atoms with Crippen LogP contribution in [-0.4, -0.2) is 30.2 Å². The number of methoxy groups -OCH3 is 1. The van der Waals surface area contributed by atoms with Crippen molar-refractivity contribution in [3.63, 3.8) is 0 Å². The SMILES string of the molecule is COc1ccc2nccc(C3CCNC3)c2n1.Cl. The van der Waals surface area contributed by atoms with E-state index in [1.54, 1.807) is 7.11 Å². The van der Waals surface area contributed by atoms with Gasteiger partial charge in [0.1, 0.15) is 0 Å². The van der Waals surface area contributed by atoms with Crippen LogP contribution in [-0.2, 0) is 0 Å². The number of hydrogen-bond donors (Lipinski definition) is 1. The number of ether oxygens (including phenoxy) is 1. The van der Waals surface area contributed by atoms with Gasteiger partial charge in [-0.1, -0.05) is 0 Å². The molecule has 1 fully saturated rings. The van der Waals surface area contributed by atoms with Crippen molar-refractivity contribution < 1.29 is 4.74 Å². The van der Waals surface area contributed by atoms with Crippen LogP contribution in [0.5, 0.6) is 5.88 Å². The van der Waals surface area contributed by atoms with Crippen LogP contribution in [0.25, 0.3) is 11.0 Å². The first-order chi connectivity index (χ1) is 8.38. The molecule has 2 aromatic heterocycles. The first-order valence-corrected chi connectivity index (χ1v) is 5.89. The summed E-state index contributed by atoms with van der Waals surface area (Å²) in [6, 6.07) is 5.89. The van der Waals surface area contributed by atoms with Crippen LogP contribution in [0.1, 0.15) is 17.9 Å². The first kappa shape index (κ1) is 13.1. The smallest absolute Gasteiger partial charge is 0.213 e. The minimum Gasteiger partial charge on any atom is -0.481 e. The monoisotopic (exact) mass is 265 g/mol. The molecule has 0 bridgehead atoms. The standard InChI is InChI=1S/C13H15N3O.ClH/c1-17-12-3-2-11-13(16-12)10(5-7-15-11)9-4-6-14-8-9;/h2-3,5,7,9,14H,4,6,8H2,1H3;1H. The van der Waals surface area contributed by atoms with Gasteiger partial charge in [0.25, 0.3) is 0 Å². The van der Waals surface area contributed by atoms with Crippen molar-refractivity contribution in [2.24, 2.45) is 0 Å². The molecule has 1 aliphatic rings. The third kappa shape index (κ3) is 2.26. The largest absolute Gasteiger partial charge is 0.481 e. The van der Waals surface area contributed by atoms with Gasteiger partial charge in [-0.25, -0.2) is 4.98 Å². The van der Waals surface area contributed by atoms with Crippen LogP contribution in [0.15, 0.2) is 24.4 Å². The highest BCUT2D eigenvalue weighted by atomic mass is 35.5. The average Bonchev–Trinajstić information content (AvgIpc) is 2.91. The van der Waals surface area contributed by atoms with Crippen molar-refractivity contribution in [2.75, 3.05) is 20.2 Å². The highest BCUT2D eigenvalue weighted by Gasteiger charge is 2.19. The van der Waals surface area contributed by atoms with Gasteiger partial charge in [0.15, 0.2) is 0 Å². The molecular weight excluding hydrogens is 250 g/mol. The summed E-state index contributed by atoms with van der Waals surface area (Å²) in [4.78, 5) is 8.88. The Bertz CT molecular complexity index is 541. The van der Waals surface area contributed by atoms with Crippen LogP contribution in [0.4, 0.5) is 0 Å². The van der Waals surface area contributed by atoms with E-state index in [9.17, 15) is 0 Å². The number of nitrogens with zero attached hydrogens (tertiary/aromatic N) is 2. The second kappa shape index (κ2) is 5.50. The molecule has 18 heavy (non-hydrogen) atoms. The number of pyridine rings is 2. The van der Waals surface area contributed by atoms with Crippen LogP contribution in [0, 0.1) is 0 Å². The lowest BCUT2D eigenvalue weighted by atomic mass is 9.98. The molecule has 3 heterocycles. The van der Waals surface area contributed by atoms with Gasteiger partial charge in [0, 0.05) is 18.8 Å². The summed E-state index contributed by atoms with van der Waals surface area (Å²) in [6.45, 7) is 2.11. The second-order valence-electron chi connectivity index (χ2n) is 4.31. The van der Waals surface area contributed by atoms with Crippen molar-refractivity contribution in [1.82, 2.24) is 15.3 Å². The van der Waals surface area contributed by atoms with E-state index in [4.69, 9.17) is 4.74 Å². The molecule has 1 atom stereocenters. The van der Waals surface area contributed by atoms with E-state index >= 15 is 0 Å². The average molecular weight is 266 g/mol. The molecule has 0 radical (unpaired) electrons. The number of hydrogen-bond acceptors (Lipinski definition) is 4. The van der Waals surface area contributed by atoms with Crippen LogP contribution < -0.4 is 10.1 Å². The minimum atomic E-state index is 0. The Morgan fingerprint density at radius 1 is 1.33 bits per heavy atom. The van der Waals surface area contributed by atoms with E-state index in [2.05, 4.69) is 21.4 Å². The Balaban J connectivity index is 0.00000120. The molecule has 5 heteroatoms. The second-order valence-corrected chi connectivity index (χ2v) is 4.31. The molecule has 3 rings (SSSR count). The number of halogens is 1. The molecule has 0 aromatic carbocycles. The van der Waals surface area contributed by atoms with Gasteiger partial charge >= 0.3 is 0 Å². The van der Waals surface area contributed by atoms with E-state index < -0.39 is 0 Å². The van der Waals surface area contributed by atoms with E-state index in [0.717, 1.165) is 30.5 Å². The lowest BCUT2D eigenvalue weighted by Gasteiger charge is -2.11. The molecule has 1 saturated heterocycles. The van der Waals surface area contributed by atoms with E-state index in [0.29, 0.717) is 11.8 Å². The maximum atomic E-state index is 5.19. The normalized spacial score (nSPS) is 18.6. The predicted octanol–water partition coefficient (Wildman–Crippen LogP) is 2.14. The summed E-state index contributed by atoms with van der Waals surface area (Å²) in [5.41, 5.74) is 3.19. The maximum Gasteiger partial charge on any atom is 0.213 e. The first-order valence-electron chi connectivity index (χ1n) is 5.89. The van der Waals surface area contributed by atoms with Gasteiger partial charge in [0.05, 0.1) is 18.1 Å². The molecule has 4 nitrogen and oxygen atoms in total. The number of nitrogens with one attached hydrogen (secondary N) is 1. The summed E-state index contributed by atoms with van der Waals surface area (Å²) in [6.07, 6.45) is 3.03. The van der Waals surface area contributed by atoms with Crippen molar-refractivity contribution in [3.8, 4) is 5.88 Å². The Hall–Kier alpha value is -1.39. The summed E-state index contributed by atoms with van der Waals surface area (Å²) in [5, 5.41) is 3.38. The zero-order valence-corrected chi connectivity index (χ0v) is 11.0. The molecule has 1 unspecified atom stereocenters. The Morgan fingerprint density at radius 3 is 2.94 bits per heavy atom. The van der Waals surface area contributed by atoms with Gasteiger partial charge in [0.2, 0.25) is 5.88 Å². The molecule has 2 aromatic rings. The lowest BCUT2D eigenvalue weighted by Crippen LogP contribution is -2.08. The summed E-state index contributed by atoms with van der Waals surface area (Å²) >= 11 is 0. The van der Waals surface area contributed by atoms with E-state index in [1.807, 2.05) is 18.3 Å². The molecule has 1 aliphatic heterocycles. The van der Waals surface area contributed by atoms with Gasteiger partial charge in [-0.05, 0) is 36.6 Å². The Morgan fingerprint density at radius 2 is 2.22 bits per heavy atom. The predicted molar refractivity (Wildman–Crippen MR) is 73.6 cm³/mol. The molecule has 0 amide bonds. The van der Waals surface area contributed by atoms with Gasteiger partial charge < -0.3 is 10.1 Å². The zero-order valence-electron chi connectivity index (χ0n) is 10.2. The highest BCUT2D eigenvalue weighted by Crippen LogP contribution is 2.28. The van der Waals surface area contributed by atoms with Crippen molar-refractivity contribution in [1.29, 1.82) is 0 Å². The fraction of sp³-hybridized carbons (Fsp3) is 0.385. The number of fused-ring (bicyclic) bond motifs is 1. The van der Waals surface area contributed by atoms with Crippen molar-refractivity contribution in [3.05, 3.63) is 30.0 Å². The summed E-state index contributed by atoms with van der Waals surface area (Å²) in [7, 11) is 1.64. The van der Waals surface area contributed by atoms with E-state index in [-0.39, 0.29) is 12.4 Å². The summed E-state index contributed by atoms with van der Waals surface area (Å²) in [5.74, 6) is 1.19. The van der Waals surface area contributed by atoms with Crippen LogP contribution >= 0.6 is 12.4 Å². The molecule has 1 N–H and O–H groups in total. The Kier molecular flexibility index (Phi) is 3.99. The molecule has 0 saturated carbocycles. The number of aromatic nitrogens is 2. The van der Waals surface area contributed by atoms with Crippen molar-refractivity contribution in [2.45, 2.75) is 12.3 Å². The molecular formula is C13H16ClN3O. The minimum absolute atomic E-state index is 0. The molecule has 0 spiro atoms. The molecule has 96 valence electrons. The zero-order chi connectivity index (χ0) is 11.7. The maximum absolute atomic E-state index is 5.19. The topological polar surface area (TPSA) is 47.0 Å². The van der Waals surface area contributed by atoms with Crippen LogP contribution in [0.2, 0.25) is 0 Å². The quantitative estimate of drug-likeness (QED) is 0.904. The highest BCUT2D eigenvalue weighted by molar-refractivity contribution is 5.85. The van der Waals surface area contributed by atoms with Gasteiger partial charge in [-0.2, -0.15) is 0 Å². The molecule has 0 aliphatic carbocycles. The lowest BCUT2D eigenvalue weighted by molar-refractivity contribution is 0.399. The van der Waals surface area contributed by atoms with Crippen molar-refractivity contribution >= 4 is 23.4 Å². The van der Waals surface area contributed by atoms with Gasteiger partial charge in [-0.3, -0.25) is 4.98 Å². The van der Waals surface area contributed by atoms with E-state index in [1.165, 1.54) is 5.56 Å². The fourth-order valence-electron chi connectivity index (χ4n) is 2.39. The number of rotatable bonds is 2. The third-order valence-electron chi connectivity index (χ3n) is 3.30.